The standard InChI is InChI=1S/C12H9FO4S/c1-17-12(14)10-6-7-11(18(13,15)16)9-5-3-2-4-8(9)10/h2-7H,1H3. The zero-order chi connectivity index (χ0) is 13.3. The number of hydrogen-bond acceptors (Lipinski definition) is 4. The third-order valence-electron chi connectivity index (χ3n) is 2.55. The Labute approximate surface area is 103 Å². The van der Waals surface area contributed by atoms with Gasteiger partial charge in [0.25, 0.3) is 0 Å². The molecule has 2 aromatic carbocycles. The molecule has 4 nitrogen and oxygen atoms in total. The summed E-state index contributed by atoms with van der Waals surface area (Å²) < 4.78 is 39.7. The van der Waals surface area contributed by atoms with Crippen LogP contribution in [0.25, 0.3) is 10.8 Å². The van der Waals surface area contributed by atoms with Crippen molar-refractivity contribution in [1.29, 1.82) is 0 Å². The highest BCUT2D eigenvalue weighted by molar-refractivity contribution is 7.86. The van der Waals surface area contributed by atoms with E-state index in [0.717, 1.165) is 6.07 Å². The fraction of sp³-hybridized carbons (Fsp3) is 0.0833. The zero-order valence-corrected chi connectivity index (χ0v) is 10.2. The second-order valence-electron chi connectivity index (χ2n) is 3.59. The van der Waals surface area contributed by atoms with E-state index in [0.29, 0.717) is 5.39 Å². The number of rotatable bonds is 2. The van der Waals surface area contributed by atoms with Crippen LogP contribution >= 0.6 is 0 Å². The van der Waals surface area contributed by atoms with Crippen molar-refractivity contribution in [3.05, 3.63) is 42.0 Å². The summed E-state index contributed by atoms with van der Waals surface area (Å²) in [5.41, 5.74) is 0.195. The molecule has 0 amide bonds. The van der Waals surface area contributed by atoms with Crippen LogP contribution in [-0.2, 0) is 15.0 Å². The number of benzene rings is 2. The van der Waals surface area contributed by atoms with E-state index in [2.05, 4.69) is 4.74 Å². The Morgan fingerprint density at radius 2 is 1.72 bits per heavy atom. The van der Waals surface area contributed by atoms with Gasteiger partial charge in [-0.2, -0.15) is 8.42 Å². The van der Waals surface area contributed by atoms with Gasteiger partial charge in [-0.15, -0.1) is 3.89 Å². The molecule has 0 atom stereocenters. The van der Waals surface area contributed by atoms with Gasteiger partial charge in [0, 0.05) is 5.39 Å². The molecule has 0 saturated heterocycles. The predicted molar refractivity (Wildman–Crippen MR) is 63.6 cm³/mol. The number of halogens is 1. The fourth-order valence-electron chi connectivity index (χ4n) is 1.77. The topological polar surface area (TPSA) is 60.4 Å². The maximum absolute atomic E-state index is 13.1. The summed E-state index contributed by atoms with van der Waals surface area (Å²) in [4.78, 5) is 11.1. The first-order chi connectivity index (χ1) is 8.45. The van der Waals surface area contributed by atoms with Gasteiger partial charge in [0.15, 0.2) is 0 Å². The smallest absolute Gasteiger partial charge is 0.338 e. The van der Waals surface area contributed by atoms with Gasteiger partial charge < -0.3 is 4.74 Å². The predicted octanol–water partition coefficient (Wildman–Crippen LogP) is 2.28. The summed E-state index contributed by atoms with van der Waals surface area (Å²) in [6, 6.07) is 8.47. The molecular formula is C12H9FO4S. The second kappa shape index (κ2) is 4.38. The lowest BCUT2D eigenvalue weighted by Crippen LogP contribution is -2.04. The number of ether oxygens (including phenoxy) is 1. The van der Waals surface area contributed by atoms with Crippen molar-refractivity contribution < 1.29 is 21.8 Å². The molecule has 0 radical (unpaired) electrons. The minimum atomic E-state index is -4.83. The van der Waals surface area contributed by atoms with Gasteiger partial charge in [0.1, 0.15) is 4.90 Å². The Morgan fingerprint density at radius 1 is 1.11 bits per heavy atom. The number of esters is 1. The molecule has 0 aliphatic heterocycles. The highest BCUT2D eigenvalue weighted by Gasteiger charge is 2.19. The van der Waals surface area contributed by atoms with Crippen LogP contribution in [0.1, 0.15) is 10.4 Å². The van der Waals surface area contributed by atoms with Crippen LogP contribution in [-0.4, -0.2) is 21.5 Å². The number of carbonyl (C=O) groups is 1. The van der Waals surface area contributed by atoms with Crippen molar-refractivity contribution in [2.45, 2.75) is 4.90 Å². The molecule has 0 unspecified atom stereocenters. The van der Waals surface area contributed by atoms with Gasteiger partial charge in [0.05, 0.1) is 12.7 Å². The number of hydrogen-bond donors (Lipinski definition) is 0. The first kappa shape index (κ1) is 12.5. The average molecular weight is 268 g/mol. The lowest BCUT2D eigenvalue weighted by molar-refractivity contribution is 0.0603. The molecule has 0 N–H and O–H groups in total. The molecule has 0 saturated carbocycles. The summed E-state index contributed by atoms with van der Waals surface area (Å²) in [5.74, 6) is -0.603. The highest BCUT2D eigenvalue weighted by atomic mass is 32.3. The van der Waals surface area contributed by atoms with Crippen molar-refractivity contribution in [1.82, 2.24) is 0 Å². The Morgan fingerprint density at radius 3 is 2.28 bits per heavy atom. The number of carbonyl (C=O) groups excluding carboxylic acids is 1. The Kier molecular flexibility index (Phi) is 3.04. The molecular weight excluding hydrogens is 259 g/mol. The van der Waals surface area contributed by atoms with E-state index >= 15 is 0 Å². The normalized spacial score (nSPS) is 11.4. The van der Waals surface area contributed by atoms with Crippen LogP contribution in [0.5, 0.6) is 0 Å². The monoisotopic (exact) mass is 268 g/mol. The molecule has 0 aliphatic rings. The van der Waals surface area contributed by atoms with Crippen LogP contribution in [0.3, 0.4) is 0 Å². The van der Waals surface area contributed by atoms with E-state index in [1.54, 1.807) is 12.1 Å². The Balaban J connectivity index is 2.87. The van der Waals surface area contributed by atoms with Gasteiger partial charge in [0.2, 0.25) is 0 Å². The summed E-state index contributed by atoms with van der Waals surface area (Å²) in [5, 5.41) is 0.492. The van der Waals surface area contributed by atoms with Crippen LogP contribution in [0.4, 0.5) is 3.89 Å². The fourth-order valence-corrected chi connectivity index (χ4v) is 2.44. The maximum Gasteiger partial charge on any atom is 0.338 e. The summed E-state index contributed by atoms with van der Waals surface area (Å²) in [6.45, 7) is 0. The van der Waals surface area contributed by atoms with Crippen LogP contribution in [0, 0.1) is 0 Å². The minimum Gasteiger partial charge on any atom is -0.465 e. The molecule has 0 bridgehead atoms. The summed E-state index contributed by atoms with van der Waals surface area (Å²) in [7, 11) is -3.61. The second-order valence-corrected chi connectivity index (χ2v) is 4.90. The SMILES string of the molecule is COC(=O)c1ccc(S(=O)(=O)F)c2ccccc12. The third-order valence-corrected chi connectivity index (χ3v) is 3.43. The van der Waals surface area contributed by atoms with Gasteiger partial charge in [-0.05, 0) is 17.5 Å². The molecule has 94 valence electrons. The third kappa shape index (κ3) is 2.06. The summed E-state index contributed by atoms with van der Waals surface area (Å²) >= 11 is 0. The molecule has 18 heavy (non-hydrogen) atoms. The number of fused-ring (bicyclic) bond motifs is 1. The molecule has 2 aromatic rings. The van der Waals surface area contributed by atoms with Crippen molar-refractivity contribution in [3.63, 3.8) is 0 Å². The van der Waals surface area contributed by atoms with Crippen LogP contribution in [0.2, 0.25) is 0 Å². The largest absolute Gasteiger partial charge is 0.465 e. The van der Waals surface area contributed by atoms with Crippen LogP contribution < -0.4 is 0 Å². The van der Waals surface area contributed by atoms with E-state index in [1.807, 2.05) is 0 Å². The van der Waals surface area contributed by atoms with Gasteiger partial charge in [-0.3, -0.25) is 0 Å². The number of methoxy groups -OCH3 is 1. The van der Waals surface area contributed by atoms with Crippen LogP contribution in [0.15, 0.2) is 41.3 Å². The van der Waals surface area contributed by atoms with E-state index in [-0.39, 0.29) is 10.9 Å². The molecule has 0 aliphatic carbocycles. The lowest BCUT2D eigenvalue weighted by atomic mass is 10.0. The van der Waals surface area contributed by atoms with Gasteiger partial charge in [-0.25, -0.2) is 4.79 Å². The molecule has 0 heterocycles. The van der Waals surface area contributed by atoms with Crippen molar-refractivity contribution >= 4 is 27.0 Å². The summed E-state index contributed by atoms with van der Waals surface area (Å²) in [6.07, 6.45) is 0. The first-order valence-electron chi connectivity index (χ1n) is 5.00. The van der Waals surface area contributed by atoms with Crippen molar-refractivity contribution in [3.8, 4) is 0 Å². The maximum atomic E-state index is 13.1. The van der Waals surface area contributed by atoms with E-state index in [9.17, 15) is 17.1 Å². The van der Waals surface area contributed by atoms with E-state index in [4.69, 9.17) is 0 Å². The molecule has 6 heteroatoms. The van der Waals surface area contributed by atoms with E-state index in [1.165, 1.54) is 25.3 Å². The zero-order valence-electron chi connectivity index (χ0n) is 9.38. The van der Waals surface area contributed by atoms with Crippen molar-refractivity contribution in [2.75, 3.05) is 7.11 Å². The highest BCUT2D eigenvalue weighted by Crippen LogP contribution is 2.27. The van der Waals surface area contributed by atoms with Crippen molar-refractivity contribution in [2.24, 2.45) is 0 Å². The quantitative estimate of drug-likeness (QED) is 0.619. The molecule has 0 spiro atoms. The molecule has 2 rings (SSSR count). The average Bonchev–Trinajstić information content (AvgIpc) is 2.35. The van der Waals surface area contributed by atoms with Gasteiger partial charge in [-0.1, -0.05) is 24.3 Å². The Bertz CT molecular complexity index is 722. The molecule has 0 fully saturated rings. The van der Waals surface area contributed by atoms with E-state index < -0.39 is 21.1 Å². The Hall–Kier alpha value is -1.95. The first-order valence-corrected chi connectivity index (χ1v) is 6.38. The lowest BCUT2D eigenvalue weighted by Gasteiger charge is -2.07. The van der Waals surface area contributed by atoms with Gasteiger partial charge >= 0.3 is 16.2 Å². The molecule has 0 aromatic heterocycles. The minimum absolute atomic E-state index is 0.155.